The highest BCUT2D eigenvalue weighted by molar-refractivity contribution is 6.12. The van der Waals surface area contributed by atoms with Crippen molar-refractivity contribution in [3.05, 3.63) is 65.4 Å². The Morgan fingerprint density at radius 1 is 1.07 bits per heavy atom. The van der Waals surface area contributed by atoms with Gasteiger partial charge >= 0.3 is 0 Å². The van der Waals surface area contributed by atoms with Crippen LogP contribution in [0.4, 0.5) is 0 Å². The Kier molecular flexibility index (Phi) is 4.13. The van der Waals surface area contributed by atoms with E-state index in [0.717, 1.165) is 38.8 Å². The van der Waals surface area contributed by atoms with Crippen molar-refractivity contribution in [1.82, 2.24) is 4.98 Å². The molecule has 1 saturated carbocycles. The first-order valence-corrected chi connectivity index (χ1v) is 10.1. The van der Waals surface area contributed by atoms with E-state index in [4.69, 9.17) is 4.42 Å². The molecule has 0 saturated heterocycles. The monoisotopic (exact) mass is 366 g/mol. The summed E-state index contributed by atoms with van der Waals surface area (Å²) < 4.78 is 6.40. The van der Waals surface area contributed by atoms with Gasteiger partial charge in [-0.1, -0.05) is 37.5 Å². The Morgan fingerprint density at radius 3 is 2.68 bits per heavy atom. The fraction of sp³-hybridized carbons (Fsp3) is 0.280. The maximum absolute atomic E-state index is 9.87. The van der Waals surface area contributed by atoms with Crippen molar-refractivity contribution in [1.29, 1.82) is 5.26 Å². The fourth-order valence-corrected chi connectivity index (χ4v) is 4.68. The molecule has 0 amide bonds. The number of rotatable bonds is 2. The van der Waals surface area contributed by atoms with Gasteiger partial charge in [-0.3, -0.25) is 4.98 Å². The van der Waals surface area contributed by atoms with Gasteiger partial charge in [-0.2, -0.15) is 5.26 Å². The van der Waals surface area contributed by atoms with Crippen molar-refractivity contribution >= 4 is 21.9 Å². The van der Waals surface area contributed by atoms with E-state index >= 15 is 0 Å². The minimum absolute atomic E-state index is 0.537. The molecule has 0 radical (unpaired) electrons. The normalized spacial score (nSPS) is 15.1. The standard InChI is InChI=1S/C25H22N2O/c1-16-10-11-20-24-19(15-26)13-18(17-7-3-2-4-8-17)14-22(24)28-25(20)23(16)21-9-5-6-12-27-21/h5-6,9-14,17H,2-4,7-8H2,1H3. The van der Waals surface area contributed by atoms with E-state index in [1.807, 2.05) is 18.2 Å². The molecule has 0 aliphatic heterocycles. The smallest absolute Gasteiger partial charge is 0.145 e. The molecule has 1 aliphatic rings. The van der Waals surface area contributed by atoms with Gasteiger partial charge < -0.3 is 4.42 Å². The first kappa shape index (κ1) is 17.0. The molecule has 1 aliphatic carbocycles. The van der Waals surface area contributed by atoms with E-state index in [0.29, 0.717) is 11.5 Å². The molecule has 5 rings (SSSR count). The molecule has 3 heteroatoms. The topological polar surface area (TPSA) is 49.8 Å². The Labute approximate surface area is 164 Å². The summed E-state index contributed by atoms with van der Waals surface area (Å²) in [6.45, 7) is 2.08. The van der Waals surface area contributed by atoms with Crippen LogP contribution in [0.2, 0.25) is 0 Å². The summed E-state index contributed by atoms with van der Waals surface area (Å²) in [5.74, 6) is 0.537. The van der Waals surface area contributed by atoms with E-state index in [1.165, 1.54) is 37.7 Å². The maximum atomic E-state index is 9.87. The number of benzene rings is 2. The molecule has 2 aromatic heterocycles. The van der Waals surface area contributed by atoms with Crippen LogP contribution in [0.25, 0.3) is 33.2 Å². The van der Waals surface area contributed by atoms with Gasteiger partial charge in [0.1, 0.15) is 11.2 Å². The molecular weight excluding hydrogens is 344 g/mol. The predicted molar refractivity (Wildman–Crippen MR) is 112 cm³/mol. The third-order valence-electron chi connectivity index (χ3n) is 6.09. The van der Waals surface area contributed by atoms with Crippen LogP contribution in [-0.2, 0) is 0 Å². The van der Waals surface area contributed by atoms with Gasteiger partial charge in [-0.05, 0) is 61.1 Å². The van der Waals surface area contributed by atoms with Crippen LogP contribution in [0.15, 0.2) is 53.1 Å². The van der Waals surface area contributed by atoms with Gasteiger partial charge in [0.05, 0.1) is 17.3 Å². The number of nitrogens with zero attached hydrogens (tertiary/aromatic N) is 2. The zero-order valence-corrected chi connectivity index (χ0v) is 16.0. The van der Waals surface area contributed by atoms with Crippen molar-refractivity contribution in [2.24, 2.45) is 0 Å². The lowest BCUT2D eigenvalue weighted by molar-refractivity contribution is 0.443. The van der Waals surface area contributed by atoms with E-state index in [1.54, 1.807) is 6.20 Å². The number of nitriles is 1. The van der Waals surface area contributed by atoms with Crippen LogP contribution in [0.1, 0.15) is 54.7 Å². The third-order valence-corrected chi connectivity index (χ3v) is 6.09. The molecule has 0 unspecified atom stereocenters. The van der Waals surface area contributed by atoms with Gasteiger partial charge in [0, 0.05) is 22.5 Å². The SMILES string of the molecule is Cc1ccc2c(oc3cc(C4CCCCC4)cc(C#N)c32)c1-c1ccccn1. The van der Waals surface area contributed by atoms with Gasteiger partial charge in [0.2, 0.25) is 0 Å². The molecule has 0 bridgehead atoms. The Hall–Kier alpha value is -3.12. The lowest BCUT2D eigenvalue weighted by atomic mass is 9.83. The van der Waals surface area contributed by atoms with Crippen molar-refractivity contribution in [2.75, 3.05) is 0 Å². The van der Waals surface area contributed by atoms with Crippen LogP contribution < -0.4 is 0 Å². The van der Waals surface area contributed by atoms with Gasteiger partial charge in [0.25, 0.3) is 0 Å². The summed E-state index contributed by atoms with van der Waals surface area (Å²) in [7, 11) is 0. The summed E-state index contributed by atoms with van der Waals surface area (Å²) in [6, 6.07) is 16.8. The average molecular weight is 366 g/mol. The number of pyridine rings is 1. The molecule has 0 N–H and O–H groups in total. The zero-order chi connectivity index (χ0) is 19.1. The second-order valence-electron chi connectivity index (χ2n) is 7.84. The highest BCUT2D eigenvalue weighted by atomic mass is 16.3. The number of furan rings is 1. The van der Waals surface area contributed by atoms with Crippen LogP contribution in [-0.4, -0.2) is 4.98 Å². The second kappa shape index (κ2) is 6.80. The van der Waals surface area contributed by atoms with Crippen molar-refractivity contribution in [3.8, 4) is 17.3 Å². The first-order valence-electron chi connectivity index (χ1n) is 10.1. The summed E-state index contributed by atoms with van der Waals surface area (Å²) >= 11 is 0. The van der Waals surface area contributed by atoms with Crippen molar-refractivity contribution in [2.45, 2.75) is 44.9 Å². The van der Waals surface area contributed by atoms with E-state index in [2.05, 4.69) is 42.2 Å². The minimum Gasteiger partial charge on any atom is -0.455 e. The molecule has 1 fully saturated rings. The molecular formula is C25H22N2O. The molecule has 3 nitrogen and oxygen atoms in total. The second-order valence-corrected chi connectivity index (χ2v) is 7.84. The molecule has 0 atom stereocenters. The number of aryl methyl sites for hydroxylation is 1. The van der Waals surface area contributed by atoms with Crippen molar-refractivity contribution in [3.63, 3.8) is 0 Å². The van der Waals surface area contributed by atoms with E-state index in [9.17, 15) is 5.26 Å². The molecule has 138 valence electrons. The quantitative estimate of drug-likeness (QED) is 0.389. The largest absolute Gasteiger partial charge is 0.455 e. The van der Waals surface area contributed by atoms with E-state index in [-0.39, 0.29) is 0 Å². The molecule has 0 spiro atoms. The van der Waals surface area contributed by atoms with Gasteiger partial charge in [-0.15, -0.1) is 0 Å². The van der Waals surface area contributed by atoms with Crippen LogP contribution in [0, 0.1) is 18.3 Å². The van der Waals surface area contributed by atoms with Crippen LogP contribution >= 0.6 is 0 Å². The zero-order valence-electron chi connectivity index (χ0n) is 16.0. The molecule has 2 aromatic carbocycles. The Morgan fingerprint density at radius 2 is 1.93 bits per heavy atom. The number of hydrogen-bond acceptors (Lipinski definition) is 3. The molecule has 4 aromatic rings. The van der Waals surface area contributed by atoms with Gasteiger partial charge in [-0.25, -0.2) is 0 Å². The molecule has 2 heterocycles. The fourth-order valence-electron chi connectivity index (χ4n) is 4.68. The lowest BCUT2D eigenvalue weighted by Gasteiger charge is -2.22. The highest BCUT2D eigenvalue weighted by Gasteiger charge is 2.21. The summed E-state index contributed by atoms with van der Waals surface area (Å²) in [4.78, 5) is 4.54. The third kappa shape index (κ3) is 2.68. The number of fused-ring (bicyclic) bond motifs is 3. The Balaban J connectivity index is 1.79. The average Bonchev–Trinajstić information content (AvgIpc) is 3.12. The maximum Gasteiger partial charge on any atom is 0.145 e. The Bertz CT molecular complexity index is 1210. The predicted octanol–water partition coefficient (Wildman–Crippen LogP) is 6.88. The molecule has 28 heavy (non-hydrogen) atoms. The van der Waals surface area contributed by atoms with E-state index < -0.39 is 0 Å². The summed E-state index contributed by atoms with van der Waals surface area (Å²) in [5.41, 5.74) is 6.64. The lowest BCUT2D eigenvalue weighted by Crippen LogP contribution is -2.04. The first-order chi connectivity index (χ1) is 13.8. The van der Waals surface area contributed by atoms with Crippen molar-refractivity contribution < 1.29 is 4.42 Å². The van der Waals surface area contributed by atoms with Gasteiger partial charge in [0.15, 0.2) is 0 Å². The number of aromatic nitrogens is 1. The van der Waals surface area contributed by atoms with Crippen LogP contribution in [0.3, 0.4) is 0 Å². The minimum atomic E-state index is 0.537. The number of hydrogen-bond donors (Lipinski definition) is 0. The summed E-state index contributed by atoms with van der Waals surface area (Å²) in [5, 5.41) is 11.8. The summed E-state index contributed by atoms with van der Waals surface area (Å²) in [6.07, 6.45) is 8.07. The van der Waals surface area contributed by atoms with Crippen LogP contribution in [0.5, 0.6) is 0 Å². The highest BCUT2D eigenvalue weighted by Crippen LogP contribution is 2.41.